The number of carbonyl (C=O) groups is 1. The minimum Gasteiger partial charge on any atom is -0.398 e. The Morgan fingerprint density at radius 3 is 2.94 bits per heavy atom. The van der Waals surface area contributed by atoms with Crippen LogP contribution in [0.2, 0.25) is 0 Å². The molecule has 1 amide bonds. The van der Waals surface area contributed by atoms with Gasteiger partial charge in [-0.25, -0.2) is 4.98 Å². The Kier molecular flexibility index (Phi) is 3.60. The molecule has 0 radical (unpaired) electrons. The van der Waals surface area contributed by atoms with Crippen LogP contribution in [0.1, 0.15) is 21.1 Å². The first kappa shape index (κ1) is 12.1. The van der Waals surface area contributed by atoms with Crippen molar-refractivity contribution in [3.05, 3.63) is 45.9 Å². The first-order valence-electron chi connectivity index (χ1n) is 5.24. The maximum absolute atomic E-state index is 11.8. The summed E-state index contributed by atoms with van der Waals surface area (Å²) in [6, 6.07) is 7.38. The Bertz CT molecular complexity index is 613. The van der Waals surface area contributed by atoms with Crippen molar-refractivity contribution in [2.75, 3.05) is 5.73 Å². The molecule has 0 atom stereocenters. The number of hydrogen-bond acceptors (Lipinski definition) is 4. The second-order valence-electron chi connectivity index (χ2n) is 3.56. The van der Waals surface area contributed by atoms with Crippen molar-refractivity contribution >= 4 is 22.9 Å². The van der Waals surface area contributed by atoms with Crippen molar-refractivity contribution in [1.29, 1.82) is 0 Å². The second-order valence-corrected chi connectivity index (χ2v) is 4.42. The zero-order valence-electron chi connectivity index (χ0n) is 9.51. The molecule has 1 heterocycles. The van der Waals surface area contributed by atoms with E-state index in [9.17, 15) is 4.79 Å². The van der Waals surface area contributed by atoms with E-state index in [1.165, 1.54) is 11.3 Å². The van der Waals surface area contributed by atoms with E-state index in [0.717, 1.165) is 5.56 Å². The van der Waals surface area contributed by atoms with E-state index in [1.807, 2.05) is 18.2 Å². The number of nitrogens with one attached hydrogen (secondary N) is 1. The molecular formula is C13H11N3OS. The largest absolute Gasteiger partial charge is 0.398 e. The van der Waals surface area contributed by atoms with Crippen molar-refractivity contribution in [3.8, 4) is 12.3 Å². The molecule has 18 heavy (non-hydrogen) atoms. The summed E-state index contributed by atoms with van der Waals surface area (Å²) in [5.74, 6) is 2.14. The molecule has 0 spiro atoms. The highest BCUT2D eigenvalue weighted by Gasteiger charge is 2.09. The molecule has 0 saturated heterocycles. The number of rotatable bonds is 3. The third kappa shape index (κ3) is 2.67. The number of nitrogens with two attached hydrogens (primary N) is 1. The van der Waals surface area contributed by atoms with E-state index >= 15 is 0 Å². The predicted molar refractivity (Wildman–Crippen MR) is 72.1 cm³/mol. The monoisotopic (exact) mass is 257 g/mol. The Morgan fingerprint density at radius 1 is 1.50 bits per heavy atom. The lowest BCUT2D eigenvalue weighted by atomic mass is 10.2. The third-order valence-electron chi connectivity index (χ3n) is 2.35. The smallest absolute Gasteiger partial charge is 0.271 e. The molecule has 5 heteroatoms. The Balaban J connectivity index is 2.01. The molecule has 2 rings (SSSR count). The number of thiazole rings is 1. The Hall–Kier alpha value is -2.32. The molecule has 1 aromatic heterocycles. The van der Waals surface area contributed by atoms with Gasteiger partial charge in [0.15, 0.2) is 5.01 Å². The van der Waals surface area contributed by atoms with E-state index in [0.29, 0.717) is 22.9 Å². The Labute approximate surface area is 109 Å². The molecule has 0 bridgehead atoms. The minimum atomic E-state index is -0.254. The van der Waals surface area contributed by atoms with Crippen molar-refractivity contribution in [2.45, 2.75) is 6.54 Å². The van der Waals surface area contributed by atoms with Crippen LogP contribution in [0, 0.1) is 12.3 Å². The van der Waals surface area contributed by atoms with Crippen LogP contribution in [-0.4, -0.2) is 10.9 Å². The predicted octanol–water partition coefficient (Wildman–Crippen LogP) is 1.64. The number of aromatic nitrogens is 1. The summed E-state index contributed by atoms with van der Waals surface area (Å²) >= 11 is 1.27. The highest BCUT2D eigenvalue weighted by atomic mass is 32.1. The van der Waals surface area contributed by atoms with Gasteiger partial charge in [0.2, 0.25) is 0 Å². The number of amides is 1. The van der Waals surface area contributed by atoms with E-state index < -0.39 is 0 Å². The van der Waals surface area contributed by atoms with Crippen LogP contribution < -0.4 is 11.1 Å². The van der Waals surface area contributed by atoms with Crippen molar-refractivity contribution < 1.29 is 4.79 Å². The molecule has 1 aromatic carbocycles. The van der Waals surface area contributed by atoms with Gasteiger partial charge in [-0.15, -0.1) is 17.8 Å². The molecule has 2 aromatic rings. The normalized spacial score (nSPS) is 9.72. The van der Waals surface area contributed by atoms with Crippen LogP contribution in [0.5, 0.6) is 0 Å². The fourth-order valence-electron chi connectivity index (χ4n) is 1.41. The van der Waals surface area contributed by atoms with Gasteiger partial charge in [0.1, 0.15) is 5.69 Å². The van der Waals surface area contributed by atoms with Crippen molar-refractivity contribution in [1.82, 2.24) is 10.3 Å². The zero-order chi connectivity index (χ0) is 13.0. The van der Waals surface area contributed by atoms with Crippen LogP contribution in [-0.2, 0) is 6.54 Å². The number of anilines is 1. The highest BCUT2D eigenvalue weighted by molar-refractivity contribution is 7.10. The van der Waals surface area contributed by atoms with Crippen molar-refractivity contribution in [3.63, 3.8) is 0 Å². The van der Waals surface area contributed by atoms with Gasteiger partial charge in [0.25, 0.3) is 5.91 Å². The molecule has 0 aliphatic carbocycles. The van der Waals surface area contributed by atoms with Gasteiger partial charge in [0.05, 0.1) is 0 Å². The van der Waals surface area contributed by atoms with Gasteiger partial charge in [0, 0.05) is 17.6 Å². The van der Waals surface area contributed by atoms with Crippen LogP contribution in [0.3, 0.4) is 0 Å². The number of para-hydroxylation sites is 1. The molecule has 4 nitrogen and oxygen atoms in total. The molecule has 3 N–H and O–H groups in total. The lowest BCUT2D eigenvalue weighted by Crippen LogP contribution is -2.23. The van der Waals surface area contributed by atoms with Gasteiger partial charge in [-0.2, -0.15) is 0 Å². The van der Waals surface area contributed by atoms with E-state index in [2.05, 4.69) is 16.2 Å². The number of hydrogen-bond donors (Lipinski definition) is 2. The molecule has 0 saturated carbocycles. The fraction of sp³-hybridized carbons (Fsp3) is 0.0769. The average molecular weight is 257 g/mol. The molecular weight excluding hydrogens is 246 g/mol. The topological polar surface area (TPSA) is 68.0 Å². The lowest BCUT2D eigenvalue weighted by molar-refractivity contribution is 0.0946. The van der Waals surface area contributed by atoms with E-state index in [1.54, 1.807) is 11.4 Å². The molecule has 0 aliphatic rings. The molecule has 0 aliphatic heterocycles. The minimum absolute atomic E-state index is 0.254. The van der Waals surface area contributed by atoms with Crippen LogP contribution in [0.15, 0.2) is 29.6 Å². The van der Waals surface area contributed by atoms with Gasteiger partial charge in [-0.3, -0.25) is 4.79 Å². The van der Waals surface area contributed by atoms with Gasteiger partial charge < -0.3 is 11.1 Å². The van der Waals surface area contributed by atoms with E-state index in [4.69, 9.17) is 12.2 Å². The highest BCUT2D eigenvalue weighted by Crippen LogP contribution is 2.11. The summed E-state index contributed by atoms with van der Waals surface area (Å²) in [6.07, 6.45) is 5.20. The third-order valence-corrected chi connectivity index (χ3v) is 3.13. The second kappa shape index (κ2) is 5.34. The molecule has 0 fully saturated rings. The van der Waals surface area contributed by atoms with Gasteiger partial charge >= 0.3 is 0 Å². The summed E-state index contributed by atoms with van der Waals surface area (Å²) in [5.41, 5.74) is 7.64. The fourth-order valence-corrected chi connectivity index (χ4v) is 2.01. The number of nitrogens with zero attached hydrogens (tertiary/aromatic N) is 1. The average Bonchev–Trinajstić information content (AvgIpc) is 2.86. The lowest BCUT2D eigenvalue weighted by Gasteiger charge is -2.06. The summed E-state index contributed by atoms with van der Waals surface area (Å²) in [4.78, 5) is 15.8. The standard InChI is InChI=1S/C13H11N3OS/c1-2-12-16-11(8-18-12)13(17)15-7-9-5-3-4-6-10(9)14/h1,3-6,8H,7,14H2,(H,15,17). The zero-order valence-corrected chi connectivity index (χ0v) is 10.3. The summed E-state index contributed by atoms with van der Waals surface area (Å²) in [6.45, 7) is 0.369. The van der Waals surface area contributed by atoms with Crippen LogP contribution in [0.4, 0.5) is 5.69 Å². The molecule has 90 valence electrons. The number of carbonyl (C=O) groups excluding carboxylic acids is 1. The van der Waals surface area contributed by atoms with Gasteiger partial charge in [-0.1, -0.05) is 18.2 Å². The molecule has 0 unspecified atom stereocenters. The number of nitrogen functional groups attached to an aromatic ring is 1. The Morgan fingerprint density at radius 2 is 2.28 bits per heavy atom. The first-order chi connectivity index (χ1) is 8.70. The van der Waals surface area contributed by atoms with Gasteiger partial charge in [-0.05, 0) is 17.6 Å². The summed E-state index contributed by atoms with van der Waals surface area (Å²) in [5, 5.41) is 4.89. The number of benzene rings is 1. The first-order valence-corrected chi connectivity index (χ1v) is 6.12. The SMILES string of the molecule is C#Cc1nc(C(=O)NCc2ccccc2N)cs1. The van der Waals surface area contributed by atoms with E-state index in [-0.39, 0.29) is 5.91 Å². The van der Waals surface area contributed by atoms with Crippen LogP contribution in [0.25, 0.3) is 0 Å². The quantitative estimate of drug-likeness (QED) is 0.648. The summed E-state index contributed by atoms with van der Waals surface area (Å²) < 4.78 is 0. The van der Waals surface area contributed by atoms with Crippen LogP contribution >= 0.6 is 11.3 Å². The number of terminal acetylenes is 1. The summed E-state index contributed by atoms with van der Waals surface area (Å²) in [7, 11) is 0. The van der Waals surface area contributed by atoms with Crippen molar-refractivity contribution in [2.24, 2.45) is 0 Å². The maximum atomic E-state index is 11.8. The maximum Gasteiger partial charge on any atom is 0.271 e.